The molecule has 0 saturated heterocycles. The van der Waals surface area contributed by atoms with Gasteiger partial charge in [0.2, 0.25) is 5.82 Å². The molecule has 0 spiro atoms. The summed E-state index contributed by atoms with van der Waals surface area (Å²) in [7, 11) is 0. The highest BCUT2D eigenvalue weighted by molar-refractivity contribution is 6.05. The minimum atomic E-state index is -2.36. The summed E-state index contributed by atoms with van der Waals surface area (Å²) < 4.78 is 73.0. The van der Waals surface area contributed by atoms with Crippen LogP contribution >= 0.6 is 0 Å². The van der Waals surface area contributed by atoms with Crippen molar-refractivity contribution < 1.29 is 31.2 Å². The molecule has 0 saturated carbocycles. The topological polar surface area (TPSA) is 59.3 Å². The molecule has 1 amide bonds. The predicted octanol–water partition coefficient (Wildman–Crippen LogP) is 5.72. The summed E-state index contributed by atoms with van der Waals surface area (Å²) in [5, 5.41) is 2.79. The van der Waals surface area contributed by atoms with Gasteiger partial charge in [-0.2, -0.15) is 0 Å². The Hall–Kier alpha value is -4.01. The van der Waals surface area contributed by atoms with Gasteiger partial charge in [0, 0.05) is 11.1 Å². The largest absolute Gasteiger partial charge is 0.422 e. The van der Waals surface area contributed by atoms with E-state index < -0.39 is 46.2 Å². The normalized spacial score (nSPS) is 11.1. The Morgan fingerprint density at radius 1 is 0.812 bits per heavy atom. The van der Waals surface area contributed by atoms with Crippen molar-refractivity contribution >= 4 is 22.6 Å². The third kappa shape index (κ3) is 3.51. The molecule has 9 heteroatoms. The lowest BCUT2D eigenvalue weighted by Crippen LogP contribution is -2.19. The van der Waals surface area contributed by atoms with Crippen LogP contribution in [0.15, 0.2) is 57.7 Å². The van der Waals surface area contributed by atoms with Crippen molar-refractivity contribution in [2.24, 2.45) is 0 Å². The van der Waals surface area contributed by atoms with Crippen molar-refractivity contribution in [2.75, 3.05) is 5.32 Å². The fourth-order valence-electron chi connectivity index (χ4n) is 3.29. The van der Waals surface area contributed by atoms with E-state index in [1.54, 1.807) is 37.3 Å². The zero-order valence-corrected chi connectivity index (χ0v) is 16.2. The van der Waals surface area contributed by atoms with E-state index in [4.69, 9.17) is 4.42 Å². The lowest BCUT2D eigenvalue weighted by molar-refractivity contribution is 0.101. The van der Waals surface area contributed by atoms with Gasteiger partial charge in [0.15, 0.2) is 23.3 Å². The maximum absolute atomic E-state index is 13.9. The first-order valence-electron chi connectivity index (χ1n) is 9.15. The van der Waals surface area contributed by atoms with E-state index in [9.17, 15) is 31.5 Å². The second-order valence-electron chi connectivity index (χ2n) is 6.91. The van der Waals surface area contributed by atoms with Gasteiger partial charge in [-0.05, 0) is 42.3 Å². The van der Waals surface area contributed by atoms with E-state index in [2.05, 4.69) is 5.32 Å². The first kappa shape index (κ1) is 21.2. The van der Waals surface area contributed by atoms with Crippen LogP contribution in [0.1, 0.15) is 15.9 Å². The summed E-state index contributed by atoms with van der Waals surface area (Å²) in [5.74, 6) is -12.8. The van der Waals surface area contributed by atoms with Gasteiger partial charge in [0.25, 0.3) is 5.91 Å². The van der Waals surface area contributed by atoms with Crippen molar-refractivity contribution in [1.82, 2.24) is 0 Å². The van der Waals surface area contributed by atoms with Gasteiger partial charge < -0.3 is 9.73 Å². The Bertz CT molecular complexity index is 1430. The van der Waals surface area contributed by atoms with E-state index in [1.807, 2.05) is 0 Å². The minimum Gasteiger partial charge on any atom is -0.422 e. The number of benzene rings is 3. The fraction of sp³-hybridized carbons (Fsp3) is 0.0435. The molecule has 0 aliphatic carbocycles. The maximum Gasteiger partial charge on any atom is 0.344 e. The number of aryl methyl sites for hydroxylation is 1. The minimum absolute atomic E-state index is 0.0189. The highest BCUT2D eigenvalue weighted by Crippen LogP contribution is 2.28. The fourth-order valence-corrected chi connectivity index (χ4v) is 3.29. The number of hydrogen-bond acceptors (Lipinski definition) is 3. The SMILES string of the molecule is Cc1cc(NC(=O)c2c(F)c(F)c(F)c(F)c2F)ccc1-c1cc2ccccc2oc1=O. The number of nitrogens with one attached hydrogen (secondary N) is 1. The van der Waals surface area contributed by atoms with E-state index in [-0.39, 0.29) is 11.3 Å². The molecule has 4 nitrogen and oxygen atoms in total. The third-order valence-corrected chi connectivity index (χ3v) is 4.85. The van der Waals surface area contributed by atoms with Crippen LogP contribution in [0.5, 0.6) is 0 Å². The molecular formula is C23H12F5NO3. The van der Waals surface area contributed by atoms with Crippen molar-refractivity contribution in [3.8, 4) is 11.1 Å². The number of anilines is 1. The number of fused-ring (bicyclic) bond motifs is 1. The molecule has 0 unspecified atom stereocenters. The molecule has 1 N–H and O–H groups in total. The summed E-state index contributed by atoms with van der Waals surface area (Å²) in [5.41, 5.74) is -0.556. The summed E-state index contributed by atoms with van der Waals surface area (Å²) >= 11 is 0. The molecule has 4 rings (SSSR count). The van der Waals surface area contributed by atoms with Crippen LogP contribution in [-0.2, 0) is 0 Å². The van der Waals surface area contributed by atoms with Crippen LogP contribution in [0.3, 0.4) is 0 Å². The number of rotatable bonds is 3. The van der Waals surface area contributed by atoms with Crippen LogP contribution in [0, 0.1) is 36.0 Å². The van der Waals surface area contributed by atoms with Gasteiger partial charge in [-0.25, -0.2) is 26.7 Å². The maximum atomic E-state index is 13.9. The number of amides is 1. The smallest absolute Gasteiger partial charge is 0.344 e. The van der Waals surface area contributed by atoms with Crippen LogP contribution < -0.4 is 10.9 Å². The Morgan fingerprint density at radius 3 is 2.09 bits per heavy atom. The molecule has 1 aromatic heterocycles. The Kier molecular flexibility index (Phi) is 5.25. The van der Waals surface area contributed by atoms with E-state index in [0.717, 1.165) is 0 Å². The third-order valence-electron chi connectivity index (χ3n) is 4.85. The zero-order chi connectivity index (χ0) is 23.2. The standard InChI is InChI=1S/C23H12F5NO3/c1-10-8-12(29-22(30)16-17(24)19(26)21(28)20(27)18(16)25)6-7-13(10)14-9-11-4-2-3-5-15(11)32-23(14)31/h2-9H,1H3,(H,29,30). The predicted molar refractivity (Wildman–Crippen MR) is 107 cm³/mol. The van der Waals surface area contributed by atoms with Gasteiger partial charge in [-0.3, -0.25) is 4.79 Å². The molecule has 0 bridgehead atoms. The molecular weight excluding hydrogens is 433 g/mol. The zero-order valence-electron chi connectivity index (χ0n) is 16.2. The molecule has 0 aliphatic rings. The van der Waals surface area contributed by atoms with Gasteiger partial charge in [0.1, 0.15) is 11.1 Å². The van der Waals surface area contributed by atoms with Crippen molar-refractivity contribution in [3.63, 3.8) is 0 Å². The molecule has 0 fully saturated rings. The number of para-hydroxylation sites is 1. The van der Waals surface area contributed by atoms with Crippen molar-refractivity contribution in [1.29, 1.82) is 0 Å². The van der Waals surface area contributed by atoms with Crippen LogP contribution in [0.4, 0.5) is 27.6 Å². The lowest BCUT2D eigenvalue weighted by Gasteiger charge is -2.11. The molecule has 1 heterocycles. The van der Waals surface area contributed by atoms with Crippen LogP contribution in [0.25, 0.3) is 22.1 Å². The monoisotopic (exact) mass is 445 g/mol. The van der Waals surface area contributed by atoms with Crippen molar-refractivity contribution in [2.45, 2.75) is 6.92 Å². The summed E-state index contributed by atoms with van der Waals surface area (Å²) in [4.78, 5) is 24.6. The van der Waals surface area contributed by atoms with Gasteiger partial charge >= 0.3 is 5.63 Å². The average Bonchev–Trinajstić information content (AvgIpc) is 2.76. The van der Waals surface area contributed by atoms with E-state index in [1.165, 1.54) is 18.2 Å². The number of halogens is 5. The second kappa shape index (κ2) is 7.92. The molecule has 0 radical (unpaired) electrons. The summed E-state index contributed by atoms with van der Waals surface area (Å²) in [6.45, 7) is 1.61. The van der Waals surface area contributed by atoms with Gasteiger partial charge in [-0.15, -0.1) is 0 Å². The molecule has 162 valence electrons. The van der Waals surface area contributed by atoms with Gasteiger partial charge in [0.05, 0.1) is 5.56 Å². The number of carbonyl (C=O) groups is 1. The van der Waals surface area contributed by atoms with Crippen LogP contribution in [0.2, 0.25) is 0 Å². The van der Waals surface area contributed by atoms with Crippen LogP contribution in [-0.4, -0.2) is 5.91 Å². The molecule has 4 aromatic rings. The average molecular weight is 445 g/mol. The van der Waals surface area contributed by atoms with Gasteiger partial charge in [-0.1, -0.05) is 24.3 Å². The summed E-state index contributed by atoms with van der Waals surface area (Å²) in [6.07, 6.45) is 0. The van der Waals surface area contributed by atoms with Crippen molar-refractivity contribution in [3.05, 3.63) is 99.2 Å². The number of hydrogen-bond donors (Lipinski definition) is 1. The molecule has 32 heavy (non-hydrogen) atoms. The first-order valence-corrected chi connectivity index (χ1v) is 9.15. The highest BCUT2D eigenvalue weighted by Gasteiger charge is 2.29. The molecule has 3 aromatic carbocycles. The lowest BCUT2D eigenvalue weighted by atomic mass is 10.0. The second-order valence-corrected chi connectivity index (χ2v) is 6.91. The van der Waals surface area contributed by atoms with E-state index >= 15 is 0 Å². The summed E-state index contributed by atoms with van der Waals surface area (Å²) in [6, 6.07) is 12.7. The first-order chi connectivity index (χ1) is 15.2. The Balaban J connectivity index is 1.69. The molecule has 0 aliphatic heterocycles. The number of carbonyl (C=O) groups excluding carboxylic acids is 1. The quantitative estimate of drug-likeness (QED) is 0.190. The van der Waals surface area contributed by atoms with E-state index in [0.29, 0.717) is 22.1 Å². The molecule has 0 atom stereocenters. The Labute approximate surface area is 176 Å². The highest BCUT2D eigenvalue weighted by atomic mass is 19.2. The Morgan fingerprint density at radius 2 is 1.44 bits per heavy atom.